The predicted molar refractivity (Wildman–Crippen MR) is 80.5 cm³/mol. The number of nitrogens with zero attached hydrogens (tertiary/aromatic N) is 2. The molecular formula is C15H15N3O4. The smallest absolute Gasteiger partial charge is 0.271 e. The minimum atomic E-state index is -0.351. The number of nitrogens with one attached hydrogen (secondary N) is 1. The molecule has 0 unspecified atom stereocenters. The summed E-state index contributed by atoms with van der Waals surface area (Å²) in [5, 5.41) is 13.7. The van der Waals surface area contributed by atoms with Gasteiger partial charge in [-0.3, -0.25) is 9.78 Å². The molecule has 0 aliphatic heterocycles. The third-order valence-corrected chi connectivity index (χ3v) is 2.82. The van der Waals surface area contributed by atoms with E-state index in [1.165, 1.54) is 32.8 Å². The Labute approximate surface area is 127 Å². The SMILES string of the molecule is COc1cc(/C=N/NC(=O)c2ccncc2)cc(OC)c1O. The van der Waals surface area contributed by atoms with Gasteiger partial charge in [0.2, 0.25) is 5.75 Å². The highest BCUT2D eigenvalue weighted by Crippen LogP contribution is 2.36. The van der Waals surface area contributed by atoms with Gasteiger partial charge in [0, 0.05) is 23.5 Å². The van der Waals surface area contributed by atoms with Crippen LogP contribution in [-0.4, -0.2) is 36.4 Å². The van der Waals surface area contributed by atoms with Crippen LogP contribution in [0, 0.1) is 0 Å². The molecule has 1 amide bonds. The first kappa shape index (κ1) is 15.3. The summed E-state index contributed by atoms with van der Waals surface area (Å²) in [6, 6.07) is 6.30. The molecule has 1 heterocycles. The fourth-order valence-electron chi connectivity index (χ4n) is 1.72. The summed E-state index contributed by atoms with van der Waals surface area (Å²) in [7, 11) is 2.86. The first-order valence-corrected chi connectivity index (χ1v) is 6.34. The van der Waals surface area contributed by atoms with Gasteiger partial charge in [-0.15, -0.1) is 0 Å². The van der Waals surface area contributed by atoms with Crippen LogP contribution in [0.1, 0.15) is 15.9 Å². The third kappa shape index (κ3) is 3.51. The lowest BCUT2D eigenvalue weighted by Gasteiger charge is -2.09. The molecular weight excluding hydrogens is 286 g/mol. The van der Waals surface area contributed by atoms with Crippen molar-refractivity contribution in [2.75, 3.05) is 14.2 Å². The maximum absolute atomic E-state index is 11.8. The normalized spacial score (nSPS) is 10.5. The molecule has 0 atom stereocenters. The summed E-state index contributed by atoms with van der Waals surface area (Å²) in [5.74, 6) is 0.0573. The first-order valence-electron chi connectivity index (χ1n) is 6.34. The zero-order valence-corrected chi connectivity index (χ0v) is 12.1. The summed E-state index contributed by atoms with van der Waals surface area (Å²) >= 11 is 0. The summed E-state index contributed by atoms with van der Waals surface area (Å²) in [6.07, 6.45) is 4.46. The van der Waals surface area contributed by atoms with E-state index < -0.39 is 0 Å². The molecule has 0 spiro atoms. The molecule has 0 fully saturated rings. The lowest BCUT2D eigenvalue weighted by Crippen LogP contribution is -2.17. The van der Waals surface area contributed by atoms with Gasteiger partial charge in [-0.25, -0.2) is 5.43 Å². The molecule has 0 saturated heterocycles. The van der Waals surface area contributed by atoms with Gasteiger partial charge in [-0.05, 0) is 24.3 Å². The number of carbonyl (C=O) groups is 1. The quantitative estimate of drug-likeness (QED) is 0.646. The lowest BCUT2D eigenvalue weighted by molar-refractivity contribution is 0.0955. The fraction of sp³-hybridized carbons (Fsp3) is 0.133. The molecule has 1 aromatic carbocycles. The van der Waals surface area contributed by atoms with Gasteiger partial charge in [0.15, 0.2) is 11.5 Å². The molecule has 22 heavy (non-hydrogen) atoms. The number of methoxy groups -OCH3 is 2. The molecule has 2 aromatic rings. The topological polar surface area (TPSA) is 93.0 Å². The number of ether oxygens (including phenoxy) is 2. The van der Waals surface area contributed by atoms with Gasteiger partial charge in [0.05, 0.1) is 20.4 Å². The van der Waals surface area contributed by atoms with E-state index in [2.05, 4.69) is 15.5 Å². The van der Waals surface area contributed by atoms with Crippen molar-refractivity contribution < 1.29 is 19.4 Å². The van der Waals surface area contributed by atoms with Gasteiger partial charge in [0.1, 0.15) is 0 Å². The van der Waals surface area contributed by atoms with E-state index in [4.69, 9.17) is 9.47 Å². The standard InChI is InChI=1S/C15H15N3O4/c1-21-12-7-10(8-13(22-2)14(12)19)9-17-18-15(20)11-3-5-16-6-4-11/h3-9,19H,1-2H3,(H,18,20)/b17-9+. The van der Waals surface area contributed by atoms with Crippen LogP contribution in [0.5, 0.6) is 17.2 Å². The molecule has 7 nitrogen and oxygen atoms in total. The van der Waals surface area contributed by atoms with Crippen LogP contribution in [0.25, 0.3) is 0 Å². The second kappa shape index (κ2) is 7.07. The monoisotopic (exact) mass is 301 g/mol. The van der Waals surface area contributed by atoms with Gasteiger partial charge in [-0.1, -0.05) is 0 Å². The van der Waals surface area contributed by atoms with Crippen LogP contribution in [0.4, 0.5) is 0 Å². The number of hydrogen-bond acceptors (Lipinski definition) is 6. The highest BCUT2D eigenvalue weighted by Gasteiger charge is 2.10. The van der Waals surface area contributed by atoms with Crippen LogP contribution in [0.2, 0.25) is 0 Å². The molecule has 0 aliphatic carbocycles. The molecule has 0 bridgehead atoms. The fourth-order valence-corrected chi connectivity index (χ4v) is 1.72. The summed E-state index contributed by atoms with van der Waals surface area (Å²) in [4.78, 5) is 15.6. The molecule has 1 aromatic heterocycles. The maximum atomic E-state index is 11.8. The molecule has 0 saturated carbocycles. The van der Waals surface area contributed by atoms with E-state index in [0.717, 1.165) is 0 Å². The highest BCUT2D eigenvalue weighted by molar-refractivity contribution is 5.94. The Morgan fingerprint density at radius 3 is 2.36 bits per heavy atom. The average molecular weight is 301 g/mol. The number of aromatic hydroxyl groups is 1. The van der Waals surface area contributed by atoms with Crippen LogP contribution in [0.3, 0.4) is 0 Å². The van der Waals surface area contributed by atoms with E-state index >= 15 is 0 Å². The number of phenolic OH excluding ortho intramolecular Hbond substituents is 1. The molecule has 2 rings (SSSR count). The predicted octanol–water partition coefficient (Wildman–Crippen LogP) is 1.57. The molecule has 7 heteroatoms. The largest absolute Gasteiger partial charge is 0.502 e. The Morgan fingerprint density at radius 1 is 1.23 bits per heavy atom. The van der Waals surface area contributed by atoms with E-state index in [1.807, 2.05) is 0 Å². The van der Waals surface area contributed by atoms with Crippen molar-refractivity contribution in [2.45, 2.75) is 0 Å². The molecule has 0 aliphatic rings. The number of aromatic nitrogens is 1. The summed E-state index contributed by atoms with van der Waals surface area (Å²) < 4.78 is 10.1. The van der Waals surface area contributed by atoms with Crippen molar-refractivity contribution in [1.29, 1.82) is 0 Å². The maximum Gasteiger partial charge on any atom is 0.271 e. The van der Waals surface area contributed by atoms with Crippen molar-refractivity contribution in [3.63, 3.8) is 0 Å². The summed E-state index contributed by atoms with van der Waals surface area (Å²) in [6.45, 7) is 0. The van der Waals surface area contributed by atoms with E-state index in [0.29, 0.717) is 11.1 Å². The minimum absolute atomic E-state index is 0.0945. The molecule has 0 radical (unpaired) electrons. The zero-order chi connectivity index (χ0) is 15.9. The molecule has 114 valence electrons. The van der Waals surface area contributed by atoms with E-state index in [9.17, 15) is 9.90 Å². The van der Waals surface area contributed by atoms with Crippen LogP contribution < -0.4 is 14.9 Å². The number of amides is 1. The van der Waals surface area contributed by atoms with E-state index in [1.54, 1.807) is 24.3 Å². The number of pyridine rings is 1. The second-order valence-corrected chi connectivity index (χ2v) is 4.21. The highest BCUT2D eigenvalue weighted by atomic mass is 16.5. The Balaban J connectivity index is 2.12. The third-order valence-electron chi connectivity index (χ3n) is 2.82. The number of phenols is 1. The van der Waals surface area contributed by atoms with Crippen molar-refractivity contribution in [3.05, 3.63) is 47.8 Å². The van der Waals surface area contributed by atoms with Crippen molar-refractivity contribution in [1.82, 2.24) is 10.4 Å². The van der Waals surface area contributed by atoms with Crippen LogP contribution in [0.15, 0.2) is 41.8 Å². The zero-order valence-electron chi connectivity index (χ0n) is 12.1. The van der Waals surface area contributed by atoms with Crippen molar-refractivity contribution in [2.24, 2.45) is 5.10 Å². The Morgan fingerprint density at radius 2 is 1.82 bits per heavy atom. The number of hydrogen-bond donors (Lipinski definition) is 2. The van der Waals surface area contributed by atoms with Crippen LogP contribution >= 0.6 is 0 Å². The number of carbonyl (C=O) groups excluding carboxylic acids is 1. The number of hydrazone groups is 1. The average Bonchev–Trinajstić information content (AvgIpc) is 2.56. The Hall–Kier alpha value is -3.09. The van der Waals surface area contributed by atoms with Gasteiger partial charge >= 0.3 is 0 Å². The minimum Gasteiger partial charge on any atom is -0.502 e. The second-order valence-electron chi connectivity index (χ2n) is 4.21. The summed E-state index contributed by atoms with van der Waals surface area (Å²) in [5.41, 5.74) is 3.45. The lowest BCUT2D eigenvalue weighted by atomic mass is 10.2. The number of benzene rings is 1. The Kier molecular flexibility index (Phi) is 4.92. The van der Waals surface area contributed by atoms with Crippen LogP contribution in [-0.2, 0) is 0 Å². The molecule has 2 N–H and O–H groups in total. The van der Waals surface area contributed by atoms with Gasteiger partial charge in [0.25, 0.3) is 5.91 Å². The van der Waals surface area contributed by atoms with Gasteiger partial charge < -0.3 is 14.6 Å². The number of rotatable bonds is 5. The van der Waals surface area contributed by atoms with Crippen molar-refractivity contribution in [3.8, 4) is 17.2 Å². The van der Waals surface area contributed by atoms with E-state index in [-0.39, 0.29) is 23.2 Å². The first-order chi connectivity index (χ1) is 10.7. The van der Waals surface area contributed by atoms with Crippen molar-refractivity contribution >= 4 is 12.1 Å². The Bertz CT molecular complexity index is 661. The van der Waals surface area contributed by atoms with Gasteiger partial charge in [-0.2, -0.15) is 5.10 Å².